The first-order valence-corrected chi connectivity index (χ1v) is 8.52. The number of amides is 1. The van der Waals surface area contributed by atoms with Gasteiger partial charge < -0.3 is 10.1 Å². The molecule has 0 aliphatic carbocycles. The zero-order valence-corrected chi connectivity index (χ0v) is 14.3. The summed E-state index contributed by atoms with van der Waals surface area (Å²) in [7, 11) is 0. The van der Waals surface area contributed by atoms with Gasteiger partial charge in [-0.25, -0.2) is 0 Å². The molecule has 128 valence electrons. The van der Waals surface area contributed by atoms with Crippen LogP contribution in [0.3, 0.4) is 0 Å². The van der Waals surface area contributed by atoms with Crippen LogP contribution >= 0.6 is 11.8 Å². The molecule has 0 aliphatic rings. The van der Waals surface area contributed by atoms with Crippen LogP contribution in [0, 0.1) is 6.92 Å². The molecule has 0 heterocycles. The average molecular weight is 351 g/mol. The molecule has 0 aromatic heterocycles. The summed E-state index contributed by atoms with van der Waals surface area (Å²) < 4.78 is 28.5. The van der Waals surface area contributed by atoms with Gasteiger partial charge in [-0.3, -0.25) is 4.79 Å². The lowest BCUT2D eigenvalue weighted by molar-refractivity contribution is -0.115. The number of anilines is 1. The summed E-state index contributed by atoms with van der Waals surface area (Å²) in [6, 6.07) is 13.9. The van der Waals surface area contributed by atoms with E-state index in [1.165, 1.54) is 35.4 Å². The van der Waals surface area contributed by atoms with E-state index in [-0.39, 0.29) is 16.9 Å². The Hall–Kier alpha value is -2.08. The van der Waals surface area contributed by atoms with Gasteiger partial charge in [-0.05, 0) is 49.2 Å². The normalized spacial score (nSPS) is 12.0. The number of aryl methyl sites for hydroxylation is 1. The van der Waals surface area contributed by atoms with Gasteiger partial charge >= 0.3 is 6.61 Å². The summed E-state index contributed by atoms with van der Waals surface area (Å²) in [5, 5.41) is 2.54. The van der Waals surface area contributed by atoms with E-state index >= 15 is 0 Å². The highest BCUT2D eigenvalue weighted by atomic mass is 32.2. The molecule has 0 saturated carbocycles. The molecular formula is C18H19F2NO2S. The van der Waals surface area contributed by atoms with E-state index in [1.54, 1.807) is 11.8 Å². The Morgan fingerprint density at radius 1 is 1.17 bits per heavy atom. The molecule has 0 saturated heterocycles. The molecule has 3 nitrogen and oxygen atoms in total. The number of rotatable bonds is 7. The molecule has 24 heavy (non-hydrogen) atoms. The minimum absolute atomic E-state index is 0.0602. The lowest BCUT2D eigenvalue weighted by Gasteiger charge is -2.13. The maximum atomic E-state index is 12.2. The zero-order valence-electron chi connectivity index (χ0n) is 13.5. The third kappa shape index (κ3) is 5.53. The fraction of sp³-hybridized carbons (Fsp3) is 0.278. The van der Waals surface area contributed by atoms with Crippen LogP contribution in [0.15, 0.2) is 48.5 Å². The van der Waals surface area contributed by atoms with Gasteiger partial charge in [0.25, 0.3) is 0 Å². The molecular weight excluding hydrogens is 332 g/mol. The van der Waals surface area contributed by atoms with Gasteiger partial charge in [0.1, 0.15) is 5.75 Å². The molecule has 6 heteroatoms. The van der Waals surface area contributed by atoms with Crippen molar-refractivity contribution in [3.05, 3.63) is 59.7 Å². The Bertz CT molecular complexity index is 677. The lowest BCUT2D eigenvalue weighted by atomic mass is 10.1. The average Bonchev–Trinajstić information content (AvgIpc) is 2.55. The van der Waals surface area contributed by atoms with Crippen LogP contribution in [-0.2, 0) is 10.5 Å². The number of carbonyl (C=O) groups excluding carboxylic acids is 1. The van der Waals surface area contributed by atoms with E-state index in [2.05, 4.69) is 16.1 Å². The number of nitrogens with one attached hydrogen (secondary N) is 1. The summed E-state index contributed by atoms with van der Waals surface area (Å²) in [6.45, 7) is 1.03. The third-order valence-electron chi connectivity index (χ3n) is 3.47. The Balaban J connectivity index is 1.86. The van der Waals surface area contributed by atoms with Gasteiger partial charge in [-0.15, -0.1) is 11.8 Å². The molecule has 2 aromatic carbocycles. The summed E-state index contributed by atoms with van der Waals surface area (Å²) in [6.07, 6.45) is 0. The molecule has 1 atom stereocenters. The van der Waals surface area contributed by atoms with Crippen molar-refractivity contribution in [3.8, 4) is 5.75 Å². The van der Waals surface area contributed by atoms with Crippen LogP contribution < -0.4 is 10.1 Å². The van der Waals surface area contributed by atoms with Crippen molar-refractivity contribution in [2.45, 2.75) is 31.5 Å². The van der Waals surface area contributed by atoms with Crippen LogP contribution in [0.5, 0.6) is 5.75 Å². The van der Waals surface area contributed by atoms with Crippen LogP contribution in [0.25, 0.3) is 0 Å². The Kier molecular flexibility index (Phi) is 6.61. The first kappa shape index (κ1) is 18.3. The van der Waals surface area contributed by atoms with Crippen molar-refractivity contribution in [1.29, 1.82) is 0 Å². The molecule has 1 amide bonds. The maximum absolute atomic E-state index is 12.2. The quantitative estimate of drug-likeness (QED) is 0.774. The van der Waals surface area contributed by atoms with Crippen molar-refractivity contribution in [2.24, 2.45) is 0 Å². The standard InChI is InChI=1S/C18H19F2NO2S/c1-12-5-3-4-6-14(12)11-24-13(2)17(22)21-15-7-9-16(10-8-15)23-18(19)20/h3-10,13,18H,11H2,1-2H3,(H,21,22). The van der Waals surface area contributed by atoms with E-state index in [0.29, 0.717) is 5.69 Å². The van der Waals surface area contributed by atoms with Gasteiger partial charge in [0, 0.05) is 11.4 Å². The van der Waals surface area contributed by atoms with Crippen LogP contribution in [0.2, 0.25) is 0 Å². The molecule has 0 fully saturated rings. The SMILES string of the molecule is Cc1ccccc1CSC(C)C(=O)Nc1ccc(OC(F)F)cc1. The Morgan fingerprint density at radius 2 is 1.83 bits per heavy atom. The van der Waals surface area contributed by atoms with Crippen molar-refractivity contribution in [2.75, 3.05) is 5.32 Å². The Morgan fingerprint density at radius 3 is 2.46 bits per heavy atom. The molecule has 0 radical (unpaired) electrons. The number of alkyl halides is 2. The smallest absolute Gasteiger partial charge is 0.387 e. The van der Waals surface area contributed by atoms with Crippen molar-refractivity contribution < 1.29 is 18.3 Å². The minimum Gasteiger partial charge on any atom is -0.435 e. The van der Waals surface area contributed by atoms with Gasteiger partial charge in [0.2, 0.25) is 5.91 Å². The summed E-state index contributed by atoms with van der Waals surface area (Å²) in [5.74, 6) is 0.684. The second kappa shape index (κ2) is 8.68. The molecule has 1 N–H and O–H groups in total. The number of hydrogen-bond acceptors (Lipinski definition) is 3. The highest BCUT2D eigenvalue weighted by molar-refractivity contribution is 7.99. The second-order valence-corrected chi connectivity index (χ2v) is 6.60. The first-order valence-electron chi connectivity index (χ1n) is 7.47. The largest absolute Gasteiger partial charge is 0.435 e. The van der Waals surface area contributed by atoms with E-state index in [0.717, 1.165) is 5.75 Å². The number of thioether (sulfide) groups is 1. The second-order valence-electron chi connectivity index (χ2n) is 5.27. The zero-order chi connectivity index (χ0) is 17.5. The fourth-order valence-corrected chi connectivity index (χ4v) is 2.99. The molecule has 0 spiro atoms. The van der Waals surface area contributed by atoms with E-state index in [4.69, 9.17) is 0 Å². The molecule has 2 aromatic rings. The summed E-state index contributed by atoms with van der Waals surface area (Å²) >= 11 is 1.55. The van der Waals surface area contributed by atoms with Gasteiger partial charge in [-0.2, -0.15) is 8.78 Å². The molecule has 0 bridgehead atoms. The lowest BCUT2D eigenvalue weighted by Crippen LogP contribution is -2.22. The fourth-order valence-electron chi connectivity index (χ4n) is 2.03. The number of halogens is 2. The molecule has 2 rings (SSSR count). The molecule has 0 aliphatic heterocycles. The number of hydrogen-bond donors (Lipinski definition) is 1. The number of benzene rings is 2. The van der Waals surface area contributed by atoms with E-state index in [9.17, 15) is 13.6 Å². The predicted molar refractivity (Wildman–Crippen MR) is 93.6 cm³/mol. The monoisotopic (exact) mass is 351 g/mol. The highest BCUT2D eigenvalue weighted by Crippen LogP contribution is 2.22. The topological polar surface area (TPSA) is 38.3 Å². The van der Waals surface area contributed by atoms with Crippen molar-refractivity contribution >= 4 is 23.4 Å². The van der Waals surface area contributed by atoms with Crippen LogP contribution in [0.1, 0.15) is 18.1 Å². The van der Waals surface area contributed by atoms with Gasteiger partial charge in [0.15, 0.2) is 0 Å². The minimum atomic E-state index is -2.86. The first-order chi connectivity index (χ1) is 11.5. The third-order valence-corrected chi connectivity index (χ3v) is 4.66. The number of carbonyl (C=O) groups is 1. The summed E-state index contributed by atoms with van der Waals surface area (Å²) in [4.78, 5) is 12.2. The van der Waals surface area contributed by atoms with Gasteiger partial charge in [-0.1, -0.05) is 24.3 Å². The van der Waals surface area contributed by atoms with Crippen molar-refractivity contribution in [3.63, 3.8) is 0 Å². The predicted octanol–water partition coefficient (Wildman–Crippen LogP) is 4.86. The van der Waals surface area contributed by atoms with Crippen LogP contribution in [-0.4, -0.2) is 17.8 Å². The maximum Gasteiger partial charge on any atom is 0.387 e. The number of ether oxygens (including phenoxy) is 1. The van der Waals surface area contributed by atoms with Crippen molar-refractivity contribution in [1.82, 2.24) is 0 Å². The Labute approximate surface area is 144 Å². The van der Waals surface area contributed by atoms with Crippen LogP contribution in [0.4, 0.5) is 14.5 Å². The molecule has 1 unspecified atom stereocenters. The van der Waals surface area contributed by atoms with E-state index in [1.807, 2.05) is 32.0 Å². The summed E-state index contributed by atoms with van der Waals surface area (Å²) in [5.41, 5.74) is 2.95. The van der Waals surface area contributed by atoms with E-state index < -0.39 is 6.61 Å². The highest BCUT2D eigenvalue weighted by Gasteiger charge is 2.14. The van der Waals surface area contributed by atoms with Gasteiger partial charge in [0.05, 0.1) is 5.25 Å².